The summed E-state index contributed by atoms with van der Waals surface area (Å²) in [6, 6.07) is 15.1. The molecule has 0 radical (unpaired) electrons. The summed E-state index contributed by atoms with van der Waals surface area (Å²) >= 11 is 0. The Morgan fingerprint density at radius 2 is 1.82 bits per heavy atom. The predicted octanol–water partition coefficient (Wildman–Crippen LogP) is 3.26. The molecule has 1 heterocycles. The number of hydrogen-bond donors (Lipinski definition) is 0. The van der Waals surface area contributed by atoms with Crippen LogP contribution in [0.2, 0.25) is 0 Å². The summed E-state index contributed by atoms with van der Waals surface area (Å²) in [4.78, 5) is 16.8. The Kier molecular flexibility index (Phi) is 5.62. The van der Waals surface area contributed by atoms with E-state index < -0.39 is 16.0 Å². The van der Waals surface area contributed by atoms with Gasteiger partial charge in [-0.15, -0.1) is 0 Å². The maximum atomic E-state index is 12.4. The van der Waals surface area contributed by atoms with E-state index >= 15 is 0 Å². The van der Waals surface area contributed by atoms with Crippen molar-refractivity contribution in [2.24, 2.45) is 0 Å². The third kappa shape index (κ3) is 4.13. The van der Waals surface area contributed by atoms with Gasteiger partial charge in [-0.2, -0.15) is 0 Å². The lowest BCUT2D eigenvalue weighted by atomic mass is 10.2. The Labute approximate surface area is 163 Å². The highest BCUT2D eigenvalue weighted by molar-refractivity contribution is 7.89. The standard InChI is InChI=1S/C20H20N2O5S/c1-14-18(21-19(27-14)15-8-5-4-6-9-15)13-26-20(23)16-10-7-11-17(12-16)28(24,25)22(2)3/h4-12H,13H2,1-3H3. The van der Waals surface area contributed by atoms with E-state index in [2.05, 4.69) is 4.98 Å². The van der Waals surface area contributed by atoms with Gasteiger partial charge in [0.25, 0.3) is 0 Å². The van der Waals surface area contributed by atoms with Crippen LogP contribution in [0.4, 0.5) is 0 Å². The normalized spacial score (nSPS) is 11.6. The molecule has 0 unspecified atom stereocenters. The van der Waals surface area contributed by atoms with Crippen LogP contribution in [0.25, 0.3) is 11.5 Å². The molecule has 0 saturated carbocycles. The number of rotatable bonds is 6. The maximum absolute atomic E-state index is 12.4. The number of oxazole rings is 1. The molecule has 0 fully saturated rings. The zero-order valence-corrected chi connectivity index (χ0v) is 16.6. The van der Waals surface area contributed by atoms with Gasteiger partial charge in [0.15, 0.2) is 0 Å². The summed E-state index contributed by atoms with van der Waals surface area (Å²) < 4.78 is 36.5. The highest BCUT2D eigenvalue weighted by Crippen LogP contribution is 2.22. The molecule has 0 bridgehead atoms. The molecular weight excluding hydrogens is 380 g/mol. The van der Waals surface area contributed by atoms with Gasteiger partial charge in [-0.25, -0.2) is 22.5 Å². The van der Waals surface area contributed by atoms with E-state index in [4.69, 9.17) is 9.15 Å². The summed E-state index contributed by atoms with van der Waals surface area (Å²) in [5.41, 5.74) is 1.47. The summed E-state index contributed by atoms with van der Waals surface area (Å²) in [6.45, 7) is 1.67. The van der Waals surface area contributed by atoms with E-state index in [1.807, 2.05) is 30.3 Å². The Bertz CT molecular complexity index is 1090. The number of aryl methyl sites for hydroxylation is 1. The molecule has 146 valence electrons. The first-order valence-corrected chi connectivity index (χ1v) is 9.94. The number of nitrogens with zero attached hydrogens (tertiary/aromatic N) is 2. The molecule has 0 amide bonds. The predicted molar refractivity (Wildman–Crippen MR) is 103 cm³/mol. The Morgan fingerprint density at radius 1 is 1.11 bits per heavy atom. The summed E-state index contributed by atoms with van der Waals surface area (Å²) in [5, 5.41) is 0. The van der Waals surface area contributed by atoms with Crippen LogP contribution in [0.15, 0.2) is 63.9 Å². The van der Waals surface area contributed by atoms with Gasteiger partial charge in [-0.05, 0) is 37.3 Å². The molecular formula is C20H20N2O5S. The van der Waals surface area contributed by atoms with Gasteiger partial charge in [0.1, 0.15) is 18.1 Å². The van der Waals surface area contributed by atoms with Gasteiger partial charge in [-0.1, -0.05) is 24.3 Å². The number of sulfonamides is 1. The topological polar surface area (TPSA) is 89.7 Å². The van der Waals surface area contributed by atoms with Crippen molar-refractivity contribution in [1.82, 2.24) is 9.29 Å². The van der Waals surface area contributed by atoms with E-state index in [9.17, 15) is 13.2 Å². The fourth-order valence-electron chi connectivity index (χ4n) is 2.48. The van der Waals surface area contributed by atoms with Crippen LogP contribution in [0.1, 0.15) is 21.8 Å². The van der Waals surface area contributed by atoms with E-state index in [1.54, 1.807) is 6.92 Å². The third-order valence-electron chi connectivity index (χ3n) is 4.10. The Hall–Kier alpha value is -2.97. The van der Waals surface area contributed by atoms with Crippen molar-refractivity contribution in [3.63, 3.8) is 0 Å². The average molecular weight is 400 g/mol. The van der Waals surface area contributed by atoms with Gasteiger partial charge in [-0.3, -0.25) is 0 Å². The minimum absolute atomic E-state index is 0.0240. The first-order chi connectivity index (χ1) is 13.3. The van der Waals surface area contributed by atoms with E-state index in [-0.39, 0.29) is 17.1 Å². The van der Waals surface area contributed by atoms with Crippen LogP contribution in [0, 0.1) is 6.92 Å². The molecule has 1 aromatic heterocycles. The number of hydrogen-bond acceptors (Lipinski definition) is 6. The van der Waals surface area contributed by atoms with Crippen molar-refractivity contribution in [3.8, 4) is 11.5 Å². The monoisotopic (exact) mass is 400 g/mol. The lowest BCUT2D eigenvalue weighted by Gasteiger charge is -2.12. The van der Waals surface area contributed by atoms with Gasteiger partial charge in [0, 0.05) is 19.7 Å². The molecule has 0 atom stereocenters. The second-order valence-electron chi connectivity index (χ2n) is 6.28. The molecule has 0 N–H and O–H groups in total. The highest BCUT2D eigenvalue weighted by atomic mass is 32.2. The van der Waals surface area contributed by atoms with Crippen molar-refractivity contribution in [3.05, 3.63) is 71.6 Å². The number of aromatic nitrogens is 1. The molecule has 0 aliphatic rings. The molecule has 28 heavy (non-hydrogen) atoms. The van der Waals surface area contributed by atoms with E-state index in [1.165, 1.54) is 38.4 Å². The van der Waals surface area contributed by atoms with E-state index in [0.717, 1.165) is 9.87 Å². The third-order valence-corrected chi connectivity index (χ3v) is 5.91. The Morgan fingerprint density at radius 3 is 2.50 bits per heavy atom. The van der Waals surface area contributed by atoms with Crippen LogP contribution in [0.3, 0.4) is 0 Å². The molecule has 0 spiro atoms. The fraction of sp³-hybridized carbons (Fsp3) is 0.200. The zero-order valence-electron chi connectivity index (χ0n) is 15.7. The molecule has 0 aliphatic heterocycles. The highest BCUT2D eigenvalue weighted by Gasteiger charge is 2.20. The van der Waals surface area contributed by atoms with E-state index in [0.29, 0.717) is 17.3 Å². The van der Waals surface area contributed by atoms with Crippen molar-refractivity contribution in [1.29, 1.82) is 0 Å². The first kappa shape index (κ1) is 19.8. The van der Waals surface area contributed by atoms with Crippen LogP contribution >= 0.6 is 0 Å². The molecule has 0 aliphatic carbocycles. The van der Waals surface area contributed by atoms with Crippen molar-refractivity contribution in [2.45, 2.75) is 18.4 Å². The van der Waals surface area contributed by atoms with Crippen molar-refractivity contribution in [2.75, 3.05) is 14.1 Å². The van der Waals surface area contributed by atoms with Crippen LogP contribution in [-0.4, -0.2) is 37.8 Å². The number of carbonyl (C=O) groups is 1. The minimum atomic E-state index is -3.64. The van der Waals surface area contributed by atoms with Crippen molar-refractivity contribution < 1.29 is 22.4 Å². The number of ether oxygens (including phenoxy) is 1. The van der Waals surface area contributed by atoms with Crippen LogP contribution < -0.4 is 0 Å². The second-order valence-corrected chi connectivity index (χ2v) is 8.43. The summed E-state index contributed by atoms with van der Waals surface area (Å²) in [5.74, 6) is 0.360. The lowest BCUT2D eigenvalue weighted by Crippen LogP contribution is -2.22. The molecule has 2 aromatic carbocycles. The van der Waals surface area contributed by atoms with Gasteiger partial charge in [0.2, 0.25) is 15.9 Å². The lowest BCUT2D eigenvalue weighted by molar-refractivity contribution is 0.0466. The number of carbonyl (C=O) groups excluding carboxylic acids is 1. The SMILES string of the molecule is Cc1oc(-c2ccccc2)nc1COC(=O)c1cccc(S(=O)(=O)N(C)C)c1. The second kappa shape index (κ2) is 7.95. The first-order valence-electron chi connectivity index (χ1n) is 8.50. The van der Waals surface area contributed by atoms with Crippen molar-refractivity contribution >= 4 is 16.0 Å². The maximum Gasteiger partial charge on any atom is 0.338 e. The van der Waals surface area contributed by atoms with Crippen LogP contribution in [0.5, 0.6) is 0 Å². The van der Waals surface area contributed by atoms with Gasteiger partial charge >= 0.3 is 5.97 Å². The number of benzene rings is 2. The summed E-state index contributed by atoms with van der Waals surface area (Å²) in [6.07, 6.45) is 0. The van der Waals surface area contributed by atoms with Gasteiger partial charge in [0.05, 0.1) is 10.5 Å². The summed E-state index contributed by atoms with van der Waals surface area (Å²) in [7, 11) is -0.779. The molecule has 3 aromatic rings. The Balaban J connectivity index is 1.74. The fourth-order valence-corrected chi connectivity index (χ4v) is 3.43. The van der Waals surface area contributed by atoms with Gasteiger partial charge < -0.3 is 9.15 Å². The number of esters is 1. The largest absolute Gasteiger partial charge is 0.455 e. The quantitative estimate of drug-likeness (QED) is 0.590. The molecule has 3 rings (SSSR count). The minimum Gasteiger partial charge on any atom is -0.455 e. The molecule has 7 nitrogen and oxygen atoms in total. The molecule has 0 saturated heterocycles. The van der Waals surface area contributed by atoms with Crippen LogP contribution in [-0.2, 0) is 21.4 Å². The molecule has 8 heteroatoms. The zero-order chi connectivity index (χ0) is 20.3. The average Bonchev–Trinajstić information content (AvgIpc) is 3.07. The smallest absolute Gasteiger partial charge is 0.338 e.